The molecule has 0 radical (unpaired) electrons. The number of allylic oxidation sites excluding steroid dienone is 2. The molecule has 0 unspecified atom stereocenters. The number of rotatable bonds is 2. The summed E-state index contributed by atoms with van der Waals surface area (Å²) < 4.78 is 25.2. The molecule has 0 spiro atoms. The molecule has 2 aromatic rings. The molecule has 92 valence electrons. The van der Waals surface area contributed by atoms with E-state index in [1.165, 1.54) is 22.7 Å². The van der Waals surface area contributed by atoms with Gasteiger partial charge in [-0.2, -0.15) is 22.7 Å². The Kier molecular flexibility index (Phi) is 2.97. The van der Waals surface area contributed by atoms with Crippen molar-refractivity contribution in [1.82, 2.24) is 0 Å². The van der Waals surface area contributed by atoms with E-state index in [1.807, 2.05) is 33.7 Å². The normalized spacial score (nSPS) is 18.2. The Morgan fingerprint density at radius 3 is 1.78 bits per heavy atom. The van der Waals surface area contributed by atoms with Crippen LogP contribution in [0, 0.1) is 0 Å². The van der Waals surface area contributed by atoms with Crippen molar-refractivity contribution in [3.05, 3.63) is 56.9 Å². The van der Waals surface area contributed by atoms with Gasteiger partial charge in [0.1, 0.15) is 0 Å². The lowest BCUT2D eigenvalue weighted by Gasteiger charge is -2.14. The first kappa shape index (κ1) is 11.9. The van der Waals surface area contributed by atoms with Crippen molar-refractivity contribution in [3.63, 3.8) is 0 Å². The Morgan fingerprint density at radius 2 is 1.39 bits per heavy atom. The molecule has 2 nitrogen and oxygen atoms in total. The highest BCUT2D eigenvalue weighted by molar-refractivity contribution is 8.09. The minimum absolute atomic E-state index is 0.437. The number of thiophene rings is 2. The van der Waals surface area contributed by atoms with Crippen LogP contribution in [0.2, 0.25) is 0 Å². The van der Waals surface area contributed by atoms with Gasteiger partial charge in [-0.1, -0.05) is 12.2 Å². The van der Waals surface area contributed by atoms with Gasteiger partial charge in [0, 0.05) is 11.1 Å². The number of hydrogen-bond donors (Lipinski definition) is 0. The van der Waals surface area contributed by atoms with Crippen molar-refractivity contribution < 1.29 is 8.42 Å². The molecule has 1 aliphatic rings. The molecule has 0 atom stereocenters. The molecule has 0 aliphatic carbocycles. The molecule has 0 bridgehead atoms. The highest BCUT2D eigenvalue weighted by Crippen LogP contribution is 2.37. The summed E-state index contributed by atoms with van der Waals surface area (Å²) in [6.07, 6.45) is 4.23. The number of sulfone groups is 1. The maximum absolute atomic E-state index is 12.6. The predicted octanol–water partition coefficient (Wildman–Crippen LogP) is 4.01. The fraction of sp³-hybridized carbons (Fsp3) is 0.0769. The van der Waals surface area contributed by atoms with Crippen molar-refractivity contribution in [2.45, 2.75) is 6.42 Å². The Hall–Kier alpha value is -1.17. The van der Waals surface area contributed by atoms with E-state index >= 15 is 0 Å². The third-order valence-electron chi connectivity index (χ3n) is 2.80. The van der Waals surface area contributed by atoms with E-state index < -0.39 is 9.84 Å². The van der Waals surface area contributed by atoms with Crippen LogP contribution in [0.4, 0.5) is 0 Å². The summed E-state index contributed by atoms with van der Waals surface area (Å²) in [5, 5.41) is 7.54. The van der Waals surface area contributed by atoms with E-state index in [1.54, 1.807) is 12.2 Å². The molecule has 0 aromatic carbocycles. The van der Waals surface area contributed by atoms with Crippen molar-refractivity contribution in [1.29, 1.82) is 0 Å². The summed E-state index contributed by atoms with van der Waals surface area (Å²) in [5.74, 6) is 0. The van der Waals surface area contributed by atoms with Gasteiger partial charge in [0.05, 0.1) is 9.81 Å². The molecule has 18 heavy (non-hydrogen) atoms. The molecule has 0 fully saturated rings. The second kappa shape index (κ2) is 4.50. The molecule has 1 aliphatic heterocycles. The minimum Gasteiger partial charge on any atom is -0.218 e. The number of hydrogen-bond acceptors (Lipinski definition) is 4. The molecule has 0 amide bonds. The smallest absolute Gasteiger partial charge is 0.207 e. The van der Waals surface area contributed by atoms with Crippen LogP contribution in [-0.2, 0) is 9.84 Å². The van der Waals surface area contributed by atoms with Crippen LogP contribution in [0.15, 0.2) is 45.8 Å². The third kappa shape index (κ3) is 1.88. The standard InChI is InChI=1S/C13H10O2S3/c14-18(15)12(10-4-6-16-8-10)2-1-3-13(18)11-5-7-17-9-11/h2-9H,1H2. The zero-order valence-corrected chi connectivity index (χ0v) is 11.8. The lowest BCUT2D eigenvalue weighted by atomic mass is 10.2. The van der Waals surface area contributed by atoms with Crippen molar-refractivity contribution in [2.75, 3.05) is 0 Å². The van der Waals surface area contributed by atoms with Crippen LogP contribution < -0.4 is 0 Å². The molecule has 0 N–H and O–H groups in total. The third-order valence-corrected chi connectivity index (χ3v) is 6.13. The largest absolute Gasteiger partial charge is 0.218 e. The van der Waals surface area contributed by atoms with Crippen molar-refractivity contribution in [2.24, 2.45) is 0 Å². The fourth-order valence-corrected chi connectivity index (χ4v) is 5.17. The van der Waals surface area contributed by atoms with Gasteiger partial charge in [-0.05, 0) is 40.1 Å². The SMILES string of the molecule is O=S1(=O)C(c2ccsc2)=CCC=C1c1ccsc1. The first-order chi connectivity index (χ1) is 8.69. The van der Waals surface area contributed by atoms with E-state index in [9.17, 15) is 8.42 Å². The van der Waals surface area contributed by atoms with Gasteiger partial charge in [-0.25, -0.2) is 8.42 Å². The molecule has 3 rings (SSSR count). The molecule has 2 aromatic heterocycles. The first-order valence-electron chi connectivity index (χ1n) is 5.40. The van der Waals surface area contributed by atoms with Gasteiger partial charge in [0.15, 0.2) is 0 Å². The van der Waals surface area contributed by atoms with Crippen LogP contribution in [-0.4, -0.2) is 8.42 Å². The molecular weight excluding hydrogens is 284 g/mol. The van der Waals surface area contributed by atoms with Crippen molar-refractivity contribution >= 4 is 42.3 Å². The molecule has 3 heterocycles. The maximum atomic E-state index is 12.6. The van der Waals surface area contributed by atoms with E-state index in [2.05, 4.69) is 0 Å². The first-order valence-corrected chi connectivity index (χ1v) is 8.77. The van der Waals surface area contributed by atoms with E-state index in [0.717, 1.165) is 11.1 Å². The minimum atomic E-state index is -3.37. The second-order valence-electron chi connectivity index (χ2n) is 3.90. The topological polar surface area (TPSA) is 34.1 Å². The van der Waals surface area contributed by atoms with Crippen LogP contribution in [0.1, 0.15) is 17.5 Å². The summed E-state index contributed by atoms with van der Waals surface area (Å²) in [6.45, 7) is 0. The summed E-state index contributed by atoms with van der Waals surface area (Å²) >= 11 is 3.02. The van der Waals surface area contributed by atoms with Gasteiger partial charge in [0.25, 0.3) is 0 Å². The van der Waals surface area contributed by atoms with Gasteiger partial charge in [0.2, 0.25) is 9.84 Å². The average molecular weight is 294 g/mol. The summed E-state index contributed by atoms with van der Waals surface area (Å²) in [5.41, 5.74) is 1.58. The quantitative estimate of drug-likeness (QED) is 0.838. The summed E-state index contributed by atoms with van der Waals surface area (Å²) in [7, 11) is -3.37. The Balaban J connectivity index is 2.10. The molecule has 0 saturated carbocycles. The summed E-state index contributed by atoms with van der Waals surface area (Å²) in [4.78, 5) is 0.875. The van der Waals surface area contributed by atoms with E-state index in [0.29, 0.717) is 16.2 Å². The zero-order valence-electron chi connectivity index (χ0n) is 9.37. The predicted molar refractivity (Wildman–Crippen MR) is 78.1 cm³/mol. The highest BCUT2D eigenvalue weighted by Gasteiger charge is 2.28. The molecule has 5 heteroatoms. The average Bonchev–Trinajstić information content (AvgIpc) is 3.01. The van der Waals surface area contributed by atoms with E-state index in [-0.39, 0.29) is 0 Å². The Morgan fingerprint density at radius 1 is 0.889 bits per heavy atom. The van der Waals surface area contributed by atoms with Gasteiger partial charge < -0.3 is 0 Å². The van der Waals surface area contributed by atoms with Gasteiger partial charge in [-0.3, -0.25) is 0 Å². The molecular formula is C13H10O2S3. The lowest BCUT2D eigenvalue weighted by molar-refractivity contribution is 0.614. The zero-order chi connectivity index (χ0) is 12.6. The van der Waals surface area contributed by atoms with Crippen molar-refractivity contribution in [3.8, 4) is 0 Å². The van der Waals surface area contributed by atoms with Crippen LogP contribution >= 0.6 is 22.7 Å². The van der Waals surface area contributed by atoms with E-state index in [4.69, 9.17) is 0 Å². The highest BCUT2D eigenvalue weighted by atomic mass is 32.2. The van der Waals surface area contributed by atoms with Gasteiger partial charge in [-0.15, -0.1) is 0 Å². The molecule has 0 saturated heterocycles. The van der Waals surface area contributed by atoms with Crippen LogP contribution in [0.3, 0.4) is 0 Å². The van der Waals surface area contributed by atoms with Crippen LogP contribution in [0.5, 0.6) is 0 Å². The lowest BCUT2D eigenvalue weighted by Crippen LogP contribution is -2.08. The van der Waals surface area contributed by atoms with Crippen LogP contribution in [0.25, 0.3) is 9.81 Å². The monoisotopic (exact) mass is 294 g/mol. The fourth-order valence-electron chi connectivity index (χ4n) is 1.97. The summed E-state index contributed by atoms with van der Waals surface area (Å²) in [6, 6.07) is 3.70. The Bertz CT molecular complexity index is 646. The Labute approximate surface area is 114 Å². The maximum Gasteiger partial charge on any atom is 0.207 e. The van der Waals surface area contributed by atoms with Gasteiger partial charge >= 0.3 is 0 Å². The second-order valence-corrected chi connectivity index (χ2v) is 7.35.